The molecule has 1 aliphatic rings. The van der Waals surface area contributed by atoms with E-state index < -0.39 is 6.10 Å². The van der Waals surface area contributed by atoms with Crippen molar-refractivity contribution in [1.29, 1.82) is 0 Å². The summed E-state index contributed by atoms with van der Waals surface area (Å²) in [6, 6.07) is 10.3. The standard InChI is InChI=1S/C18H17ClO5/c1-21-13-8-11(9-14(22-2)17(13)23-3)16-18(24-16)15(20)10-4-6-12(19)7-5-10/h4-9,16,18H,1-3H3. The molecule has 1 aliphatic heterocycles. The van der Waals surface area contributed by atoms with E-state index in [1.54, 1.807) is 57.7 Å². The van der Waals surface area contributed by atoms with Crippen LogP contribution in [0.2, 0.25) is 5.02 Å². The van der Waals surface area contributed by atoms with Crippen molar-refractivity contribution in [3.8, 4) is 17.2 Å². The summed E-state index contributed by atoms with van der Waals surface area (Å²) in [6.07, 6.45) is -0.851. The van der Waals surface area contributed by atoms with Crippen molar-refractivity contribution >= 4 is 17.4 Å². The number of hydrogen-bond acceptors (Lipinski definition) is 5. The second-order valence-corrected chi connectivity index (χ2v) is 5.74. The fourth-order valence-corrected chi connectivity index (χ4v) is 2.74. The molecule has 126 valence electrons. The fourth-order valence-electron chi connectivity index (χ4n) is 2.61. The van der Waals surface area contributed by atoms with Crippen LogP contribution in [0.5, 0.6) is 17.2 Å². The van der Waals surface area contributed by atoms with Gasteiger partial charge in [0.05, 0.1) is 21.3 Å². The molecule has 0 radical (unpaired) electrons. The van der Waals surface area contributed by atoms with Crippen LogP contribution in [0, 0.1) is 0 Å². The summed E-state index contributed by atoms with van der Waals surface area (Å²) in [5, 5.41) is 0.587. The van der Waals surface area contributed by atoms with Crippen LogP contribution >= 0.6 is 11.6 Å². The van der Waals surface area contributed by atoms with Crippen LogP contribution in [0.3, 0.4) is 0 Å². The molecule has 0 aromatic heterocycles. The minimum atomic E-state index is -0.519. The third-order valence-electron chi connectivity index (χ3n) is 3.89. The number of ether oxygens (including phenoxy) is 4. The fraction of sp³-hybridized carbons (Fsp3) is 0.278. The smallest absolute Gasteiger partial charge is 0.203 e. The van der Waals surface area contributed by atoms with Crippen LogP contribution in [0.15, 0.2) is 36.4 Å². The first-order valence-corrected chi connectivity index (χ1v) is 7.72. The maximum absolute atomic E-state index is 12.5. The minimum absolute atomic E-state index is 0.0783. The Kier molecular flexibility index (Phi) is 4.64. The highest BCUT2D eigenvalue weighted by Crippen LogP contribution is 2.46. The van der Waals surface area contributed by atoms with Crippen molar-refractivity contribution in [2.24, 2.45) is 0 Å². The minimum Gasteiger partial charge on any atom is -0.493 e. The van der Waals surface area contributed by atoms with Gasteiger partial charge < -0.3 is 18.9 Å². The Labute approximate surface area is 145 Å². The first-order chi connectivity index (χ1) is 11.6. The Morgan fingerprint density at radius 2 is 1.58 bits per heavy atom. The van der Waals surface area contributed by atoms with Crippen LogP contribution in [-0.4, -0.2) is 33.2 Å². The summed E-state index contributed by atoms with van der Waals surface area (Å²) in [6.45, 7) is 0. The quantitative estimate of drug-likeness (QED) is 0.588. The first-order valence-electron chi connectivity index (χ1n) is 7.34. The molecule has 2 atom stereocenters. The topological polar surface area (TPSA) is 57.3 Å². The lowest BCUT2D eigenvalue weighted by molar-refractivity contribution is 0.0953. The summed E-state index contributed by atoms with van der Waals surface area (Å²) < 4.78 is 21.5. The third-order valence-corrected chi connectivity index (χ3v) is 4.15. The van der Waals surface area contributed by atoms with Crippen LogP contribution < -0.4 is 14.2 Å². The van der Waals surface area contributed by atoms with Crippen molar-refractivity contribution < 1.29 is 23.7 Å². The van der Waals surface area contributed by atoms with Crippen LogP contribution in [0.4, 0.5) is 0 Å². The van der Waals surface area contributed by atoms with Gasteiger partial charge in [-0.3, -0.25) is 4.79 Å². The Morgan fingerprint density at radius 1 is 1.00 bits per heavy atom. The van der Waals surface area contributed by atoms with Gasteiger partial charge in [-0.25, -0.2) is 0 Å². The van der Waals surface area contributed by atoms with Gasteiger partial charge in [0.25, 0.3) is 0 Å². The highest BCUT2D eigenvalue weighted by atomic mass is 35.5. The maximum Gasteiger partial charge on any atom is 0.203 e. The zero-order valence-electron chi connectivity index (χ0n) is 13.5. The molecule has 1 saturated heterocycles. The van der Waals surface area contributed by atoms with Gasteiger partial charge in [-0.05, 0) is 42.0 Å². The Bertz CT molecular complexity index is 731. The van der Waals surface area contributed by atoms with E-state index in [4.69, 9.17) is 30.5 Å². The first kappa shape index (κ1) is 16.6. The highest BCUT2D eigenvalue weighted by molar-refractivity contribution is 6.30. The molecule has 0 spiro atoms. The molecule has 3 rings (SSSR count). The monoisotopic (exact) mass is 348 g/mol. The van der Waals surface area contributed by atoms with Crippen molar-refractivity contribution in [3.63, 3.8) is 0 Å². The lowest BCUT2D eigenvalue weighted by Crippen LogP contribution is -2.08. The molecule has 0 bridgehead atoms. The zero-order chi connectivity index (χ0) is 17.3. The third kappa shape index (κ3) is 3.05. The second-order valence-electron chi connectivity index (χ2n) is 5.31. The number of ketones is 1. The molecular weight excluding hydrogens is 332 g/mol. The molecule has 0 saturated carbocycles. The summed E-state index contributed by atoms with van der Waals surface area (Å²) in [5.74, 6) is 1.48. The predicted molar refractivity (Wildman–Crippen MR) is 89.5 cm³/mol. The largest absolute Gasteiger partial charge is 0.493 e. The molecule has 2 aromatic carbocycles. The normalized spacial score (nSPS) is 18.8. The molecule has 1 fully saturated rings. The van der Waals surface area contributed by atoms with Gasteiger partial charge in [0, 0.05) is 10.6 Å². The van der Waals surface area contributed by atoms with E-state index in [9.17, 15) is 4.79 Å². The summed E-state index contributed by atoms with van der Waals surface area (Å²) in [5.41, 5.74) is 1.37. The number of methoxy groups -OCH3 is 3. The van der Waals surface area contributed by atoms with Gasteiger partial charge in [0.2, 0.25) is 5.75 Å². The van der Waals surface area contributed by atoms with E-state index in [0.29, 0.717) is 27.8 Å². The lowest BCUT2D eigenvalue weighted by atomic mass is 10.0. The van der Waals surface area contributed by atoms with Crippen LogP contribution in [0.1, 0.15) is 22.0 Å². The number of halogens is 1. The maximum atomic E-state index is 12.5. The number of benzene rings is 2. The highest BCUT2D eigenvalue weighted by Gasteiger charge is 2.46. The zero-order valence-corrected chi connectivity index (χ0v) is 14.3. The molecule has 1 heterocycles. The van der Waals surface area contributed by atoms with Crippen molar-refractivity contribution in [2.45, 2.75) is 12.2 Å². The Morgan fingerprint density at radius 3 is 2.08 bits per heavy atom. The van der Waals surface area contributed by atoms with Crippen molar-refractivity contribution in [3.05, 3.63) is 52.5 Å². The molecule has 2 unspecified atom stereocenters. The molecule has 0 amide bonds. The molecule has 5 nitrogen and oxygen atoms in total. The molecular formula is C18H17ClO5. The number of carbonyl (C=O) groups excluding carboxylic acids is 1. The van der Waals surface area contributed by atoms with Gasteiger partial charge in [-0.2, -0.15) is 0 Å². The van der Waals surface area contributed by atoms with Crippen LogP contribution in [0.25, 0.3) is 0 Å². The van der Waals surface area contributed by atoms with Gasteiger partial charge in [-0.15, -0.1) is 0 Å². The van der Waals surface area contributed by atoms with E-state index in [-0.39, 0.29) is 11.9 Å². The molecule has 2 aromatic rings. The Hall–Kier alpha value is -2.24. The van der Waals surface area contributed by atoms with E-state index in [1.807, 2.05) is 0 Å². The number of rotatable bonds is 6. The molecule has 0 N–H and O–H groups in total. The van der Waals surface area contributed by atoms with Crippen molar-refractivity contribution in [2.75, 3.05) is 21.3 Å². The average Bonchev–Trinajstić information content (AvgIpc) is 3.41. The van der Waals surface area contributed by atoms with Gasteiger partial charge >= 0.3 is 0 Å². The van der Waals surface area contributed by atoms with Crippen LogP contribution in [-0.2, 0) is 4.74 Å². The van der Waals surface area contributed by atoms with Gasteiger partial charge in [0.1, 0.15) is 6.10 Å². The van der Waals surface area contributed by atoms with E-state index in [2.05, 4.69) is 0 Å². The number of epoxide rings is 1. The second kappa shape index (κ2) is 6.71. The SMILES string of the molecule is COc1cc(C2OC2C(=O)c2ccc(Cl)cc2)cc(OC)c1OC. The van der Waals surface area contributed by atoms with Crippen molar-refractivity contribution in [1.82, 2.24) is 0 Å². The predicted octanol–water partition coefficient (Wildman–Crippen LogP) is 3.69. The average molecular weight is 349 g/mol. The summed E-state index contributed by atoms with van der Waals surface area (Å²) >= 11 is 5.85. The summed E-state index contributed by atoms with van der Waals surface area (Å²) in [7, 11) is 4.64. The number of carbonyl (C=O) groups is 1. The van der Waals surface area contributed by atoms with Gasteiger partial charge in [0.15, 0.2) is 23.4 Å². The summed E-state index contributed by atoms with van der Waals surface area (Å²) in [4.78, 5) is 12.5. The van der Waals surface area contributed by atoms with E-state index >= 15 is 0 Å². The van der Waals surface area contributed by atoms with E-state index in [0.717, 1.165) is 5.56 Å². The molecule has 6 heteroatoms. The van der Waals surface area contributed by atoms with Gasteiger partial charge in [-0.1, -0.05) is 11.6 Å². The molecule has 24 heavy (non-hydrogen) atoms. The molecule has 0 aliphatic carbocycles. The van der Waals surface area contributed by atoms with E-state index in [1.165, 1.54) is 0 Å². The number of Topliss-reactive ketones (excluding diaryl/α,β-unsaturated/α-hetero) is 1. The lowest BCUT2D eigenvalue weighted by Gasteiger charge is -2.13. The number of hydrogen-bond donors (Lipinski definition) is 0. The Balaban J connectivity index is 1.84.